The molecular weight excluding hydrogens is 326 g/mol. The third-order valence-electron chi connectivity index (χ3n) is 4.95. The van der Waals surface area contributed by atoms with Gasteiger partial charge in [0.1, 0.15) is 0 Å². The van der Waals surface area contributed by atoms with Crippen LogP contribution in [-0.4, -0.2) is 38.8 Å². The van der Waals surface area contributed by atoms with Crippen molar-refractivity contribution in [3.63, 3.8) is 0 Å². The maximum atomic E-state index is 12.6. The highest BCUT2D eigenvalue weighted by atomic mass is 35.5. The molecule has 1 saturated heterocycles. The third-order valence-corrected chi connectivity index (χ3v) is 5.20. The van der Waals surface area contributed by atoms with Crippen molar-refractivity contribution in [1.29, 1.82) is 0 Å². The summed E-state index contributed by atoms with van der Waals surface area (Å²) in [4.78, 5) is 14.5. The number of rotatable bonds is 3. The Morgan fingerprint density at radius 1 is 1.29 bits per heavy atom. The molecule has 0 saturated carbocycles. The number of nitrogens with zero attached hydrogens (tertiary/aromatic N) is 3. The fraction of sp³-hybridized carbons (Fsp3) is 0.444. The number of aliphatic hydroxyl groups is 1. The van der Waals surface area contributed by atoms with Crippen molar-refractivity contribution in [2.24, 2.45) is 13.0 Å². The molecule has 1 aromatic carbocycles. The number of hydrogen-bond acceptors (Lipinski definition) is 3. The lowest BCUT2D eigenvalue weighted by molar-refractivity contribution is 0.0462. The highest BCUT2D eigenvalue weighted by Gasteiger charge is 2.29. The molecule has 0 unspecified atom stereocenters. The summed E-state index contributed by atoms with van der Waals surface area (Å²) in [5.74, 6) is 0.185. The first-order valence-corrected chi connectivity index (χ1v) is 8.56. The number of benzene rings is 1. The fourth-order valence-electron chi connectivity index (χ4n) is 3.23. The van der Waals surface area contributed by atoms with E-state index in [1.165, 1.54) is 0 Å². The molecule has 1 aromatic heterocycles. The molecule has 1 N–H and O–H groups in total. The fourth-order valence-corrected chi connectivity index (χ4v) is 3.36. The summed E-state index contributed by atoms with van der Waals surface area (Å²) in [6, 6.07) is 7.32. The second-order valence-corrected chi connectivity index (χ2v) is 6.83. The molecule has 1 atom stereocenters. The van der Waals surface area contributed by atoms with E-state index in [0.717, 1.165) is 24.1 Å². The third kappa shape index (κ3) is 3.32. The van der Waals surface area contributed by atoms with Gasteiger partial charge in [-0.25, -0.2) is 0 Å². The quantitative estimate of drug-likeness (QED) is 0.928. The summed E-state index contributed by atoms with van der Waals surface area (Å²) in [5.41, 5.74) is 2.42. The summed E-state index contributed by atoms with van der Waals surface area (Å²) in [6.07, 6.45) is 2.69. The zero-order valence-electron chi connectivity index (χ0n) is 13.9. The van der Waals surface area contributed by atoms with Gasteiger partial charge in [0.25, 0.3) is 5.91 Å². The lowest BCUT2D eigenvalue weighted by atomic mass is 9.87. The van der Waals surface area contributed by atoms with Crippen LogP contribution in [0.3, 0.4) is 0 Å². The second kappa shape index (κ2) is 6.95. The van der Waals surface area contributed by atoms with Crippen LogP contribution < -0.4 is 0 Å². The molecule has 5 nitrogen and oxygen atoms in total. The minimum Gasteiger partial charge on any atom is -0.388 e. The van der Waals surface area contributed by atoms with Crippen molar-refractivity contribution in [3.05, 3.63) is 52.3 Å². The Balaban J connectivity index is 1.62. The number of carbonyl (C=O) groups is 1. The van der Waals surface area contributed by atoms with Crippen molar-refractivity contribution in [1.82, 2.24) is 14.7 Å². The Bertz CT molecular complexity index is 718. The minimum atomic E-state index is -0.514. The van der Waals surface area contributed by atoms with E-state index in [9.17, 15) is 9.90 Å². The van der Waals surface area contributed by atoms with E-state index >= 15 is 0 Å². The Hall–Kier alpha value is -1.85. The van der Waals surface area contributed by atoms with Crippen molar-refractivity contribution >= 4 is 17.5 Å². The number of hydrogen-bond donors (Lipinski definition) is 1. The highest BCUT2D eigenvalue weighted by Crippen LogP contribution is 2.31. The van der Waals surface area contributed by atoms with E-state index in [0.29, 0.717) is 23.7 Å². The van der Waals surface area contributed by atoms with Gasteiger partial charge < -0.3 is 10.0 Å². The minimum absolute atomic E-state index is 0.0278. The van der Waals surface area contributed by atoms with Gasteiger partial charge in [-0.1, -0.05) is 23.7 Å². The van der Waals surface area contributed by atoms with Crippen molar-refractivity contribution in [2.75, 3.05) is 13.1 Å². The molecule has 1 amide bonds. The monoisotopic (exact) mass is 347 g/mol. The van der Waals surface area contributed by atoms with E-state index in [1.54, 1.807) is 23.0 Å². The molecule has 1 aliphatic rings. The van der Waals surface area contributed by atoms with Crippen LogP contribution in [0.1, 0.15) is 40.6 Å². The van der Waals surface area contributed by atoms with Crippen LogP contribution in [0.2, 0.25) is 5.02 Å². The molecule has 24 heavy (non-hydrogen) atoms. The molecule has 0 bridgehead atoms. The molecule has 0 spiro atoms. The maximum Gasteiger partial charge on any atom is 0.257 e. The summed E-state index contributed by atoms with van der Waals surface area (Å²) in [6.45, 7) is 3.21. The normalized spacial score (nSPS) is 17.1. The SMILES string of the molecule is Cc1c(C(=O)N2CCC([C@@H](O)c3ccc(Cl)cc3)CC2)cnn1C. The molecule has 0 aliphatic carbocycles. The molecule has 6 heteroatoms. The first-order chi connectivity index (χ1) is 11.5. The first-order valence-electron chi connectivity index (χ1n) is 8.18. The van der Waals surface area contributed by atoms with Crippen LogP contribution >= 0.6 is 11.6 Å². The van der Waals surface area contributed by atoms with Crippen molar-refractivity contribution < 1.29 is 9.90 Å². The zero-order valence-corrected chi connectivity index (χ0v) is 14.7. The number of likely N-dealkylation sites (tertiary alicyclic amines) is 1. The summed E-state index contributed by atoms with van der Waals surface area (Å²) in [5, 5.41) is 15.4. The van der Waals surface area contributed by atoms with Crippen LogP contribution in [0, 0.1) is 12.8 Å². The van der Waals surface area contributed by atoms with Gasteiger partial charge in [-0.15, -0.1) is 0 Å². The van der Waals surface area contributed by atoms with E-state index in [4.69, 9.17) is 11.6 Å². The second-order valence-electron chi connectivity index (χ2n) is 6.39. The number of piperidine rings is 1. The number of aliphatic hydroxyl groups excluding tert-OH is 1. The van der Waals surface area contributed by atoms with E-state index in [-0.39, 0.29) is 11.8 Å². The number of amides is 1. The highest BCUT2D eigenvalue weighted by molar-refractivity contribution is 6.30. The van der Waals surface area contributed by atoms with Crippen LogP contribution in [0.5, 0.6) is 0 Å². The summed E-state index contributed by atoms with van der Waals surface area (Å²) in [7, 11) is 1.83. The maximum absolute atomic E-state index is 12.6. The van der Waals surface area contributed by atoms with Gasteiger partial charge in [0, 0.05) is 30.9 Å². The Morgan fingerprint density at radius 3 is 2.46 bits per heavy atom. The number of aryl methyl sites for hydroxylation is 1. The Kier molecular flexibility index (Phi) is 4.92. The summed E-state index contributed by atoms with van der Waals surface area (Å²) < 4.78 is 1.71. The molecule has 3 rings (SSSR count). The lowest BCUT2D eigenvalue weighted by Crippen LogP contribution is -2.40. The van der Waals surface area contributed by atoms with Gasteiger partial charge in [0.2, 0.25) is 0 Å². The topological polar surface area (TPSA) is 58.4 Å². The van der Waals surface area contributed by atoms with Crippen LogP contribution in [-0.2, 0) is 7.05 Å². The predicted octanol–water partition coefficient (Wildman–Crippen LogP) is 2.97. The van der Waals surface area contributed by atoms with Gasteiger partial charge in [-0.05, 0) is 43.4 Å². The average Bonchev–Trinajstić information content (AvgIpc) is 2.94. The molecule has 1 aliphatic heterocycles. The molecular formula is C18H22ClN3O2. The summed E-state index contributed by atoms with van der Waals surface area (Å²) >= 11 is 5.90. The van der Waals surface area contributed by atoms with Gasteiger partial charge >= 0.3 is 0 Å². The number of aromatic nitrogens is 2. The predicted molar refractivity (Wildman–Crippen MR) is 93.0 cm³/mol. The first kappa shape index (κ1) is 17.0. The van der Waals surface area contributed by atoms with Crippen LogP contribution in [0.15, 0.2) is 30.5 Å². The van der Waals surface area contributed by atoms with E-state index in [1.807, 2.05) is 31.0 Å². The molecule has 0 radical (unpaired) electrons. The van der Waals surface area contributed by atoms with Gasteiger partial charge in [-0.3, -0.25) is 9.48 Å². The van der Waals surface area contributed by atoms with E-state index < -0.39 is 6.10 Å². The average molecular weight is 348 g/mol. The van der Waals surface area contributed by atoms with Crippen molar-refractivity contribution in [2.45, 2.75) is 25.9 Å². The Labute approximate surface area is 146 Å². The molecule has 128 valence electrons. The molecule has 1 fully saturated rings. The number of carbonyl (C=O) groups excluding carboxylic acids is 1. The van der Waals surface area contributed by atoms with Gasteiger partial charge in [0.05, 0.1) is 17.9 Å². The van der Waals surface area contributed by atoms with Gasteiger partial charge in [0.15, 0.2) is 0 Å². The smallest absolute Gasteiger partial charge is 0.257 e. The van der Waals surface area contributed by atoms with Crippen molar-refractivity contribution in [3.8, 4) is 0 Å². The largest absolute Gasteiger partial charge is 0.388 e. The van der Waals surface area contributed by atoms with Crippen LogP contribution in [0.25, 0.3) is 0 Å². The van der Waals surface area contributed by atoms with E-state index in [2.05, 4.69) is 5.10 Å². The number of halogens is 1. The zero-order chi connectivity index (χ0) is 17.3. The van der Waals surface area contributed by atoms with Crippen LogP contribution in [0.4, 0.5) is 0 Å². The molecule has 2 aromatic rings. The Morgan fingerprint density at radius 2 is 1.92 bits per heavy atom. The van der Waals surface area contributed by atoms with Gasteiger partial charge in [-0.2, -0.15) is 5.10 Å². The molecule has 2 heterocycles. The standard InChI is InChI=1S/C18H22ClN3O2/c1-12-16(11-20-21(12)2)18(24)22-9-7-14(8-10-22)17(23)13-3-5-15(19)6-4-13/h3-6,11,14,17,23H,7-10H2,1-2H3/t17-/m0/s1. The lowest BCUT2D eigenvalue weighted by Gasteiger charge is -2.34.